The molecule has 0 aliphatic rings. The SMILES string of the molecule is CN=C(NCc1nc(C)c(C)o1)NCc1ccccc1COC. The highest BCUT2D eigenvalue weighted by molar-refractivity contribution is 5.79. The van der Waals surface area contributed by atoms with Gasteiger partial charge in [0, 0.05) is 20.7 Å². The first-order valence-electron chi connectivity index (χ1n) is 7.57. The highest BCUT2D eigenvalue weighted by Crippen LogP contribution is 2.10. The highest BCUT2D eigenvalue weighted by Gasteiger charge is 2.07. The Labute approximate surface area is 137 Å². The zero-order valence-electron chi connectivity index (χ0n) is 14.1. The monoisotopic (exact) mass is 316 g/mol. The fourth-order valence-corrected chi connectivity index (χ4v) is 2.20. The summed E-state index contributed by atoms with van der Waals surface area (Å²) in [4.78, 5) is 8.56. The fraction of sp³-hybridized carbons (Fsp3) is 0.412. The minimum Gasteiger partial charge on any atom is -0.444 e. The predicted molar refractivity (Wildman–Crippen MR) is 90.2 cm³/mol. The third-order valence-electron chi connectivity index (χ3n) is 3.57. The molecule has 6 heteroatoms. The summed E-state index contributed by atoms with van der Waals surface area (Å²) < 4.78 is 10.8. The molecular weight excluding hydrogens is 292 g/mol. The molecule has 0 saturated heterocycles. The van der Waals surface area contributed by atoms with Crippen molar-refractivity contribution < 1.29 is 9.15 Å². The molecule has 0 spiro atoms. The highest BCUT2D eigenvalue weighted by atomic mass is 16.5. The average Bonchev–Trinajstić information content (AvgIpc) is 2.87. The van der Waals surface area contributed by atoms with Crippen LogP contribution in [0.1, 0.15) is 28.5 Å². The van der Waals surface area contributed by atoms with Gasteiger partial charge in [-0.1, -0.05) is 24.3 Å². The van der Waals surface area contributed by atoms with Crippen molar-refractivity contribution in [3.8, 4) is 0 Å². The maximum Gasteiger partial charge on any atom is 0.214 e. The second-order valence-electron chi connectivity index (χ2n) is 5.23. The molecule has 124 valence electrons. The van der Waals surface area contributed by atoms with Crippen LogP contribution in [0.25, 0.3) is 0 Å². The number of ether oxygens (including phenoxy) is 1. The van der Waals surface area contributed by atoms with Crippen molar-refractivity contribution in [1.29, 1.82) is 0 Å². The van der Waals surface area contributed by atoms with E-state index in [2.05, 4.69) is 32.7 Å². The molecule has 0 unspecified atom stereocenters. The third kappa shape index (κ3) is 4.82. The van der Waals surface area contributed by atoms with E-state index >= 15 is 0 Å². The van der Waals surface area contributed by atoms with Gasteiger partial charge in [0.15, 0.2) is 5.96 Å². The molecule has 0 bridgehead atoms. The van der Waals surface area contributed by atoms with Gasteiger partial charge in [-0.2, -0.15) is 0 Å². The maximum absolute atomic E-state index is 5.55. The lowest BCUT2D eigenvalue weighted by atomic mass is 10.1. The molecule has 0 aliphatic heterocycles. The summed E-state index contributed by atoms with van der Waals surface area (Å²) in [6.07, 6.45) is 0. The van der Waals surface area contributed by atoms with Crippen molar-refractivity contribution in [2.45, 2.75) is 33.5 Å². The van der Waals surface area contributed by atoms with Crippen LogP contribution in [0.3, 0.4) is 0 Å². The van der Waals surface area contributed by atoms with Crippen LogP contribution in [0.15, 0.2) is 33.7 Å². The Morgan fingerprint density at radius 2 is 1.87 bits per heavy atom. The topological polar surface area (TPSA) is 71.7 Å². The third-order valence-corrected chi connectivity index (χ3v) is 3.57. The van der Waals surface area contributed by atoms with Crippen LogP contribution in [0.5, 0.6) is 0 Å². The summed E-state index contributed by atoms with van der Waals surface area (Å²) in [6.45, 7) is 5.60. The second kappa shape index (κ2) is 8.33. The van der Waals surface area contributed by atoms with E-state index in [1.54, 1.807) is 14.2 Å². The van der Waals surface area contributed by atoms with Gasteiger partial charge in [0.1, 0.15) is 5.76 Å². The van der Waals surface area contributed by atoms with Crippen LogP contribution in [-0.4, -0.2) is 25.1 Å². The largest absolute Gasteiger partial charge is 0.444 e. The minimum atomic E-state index is 0.494. The molecule has 0 aliphatic carbocycles. The molecule has 2 aromatic rings. The number of hydrogen-bond donors (Lipinski definition) is 2. The van der Waals surface area contributed by atoms with Gasteiger partial charge in [-0.25, -0.2) is 4.98 Å². The van der Waals surface area contributed by atoms with Crippen molar-refractivity contribution in [2.75, 3.05) is 14.2 Å². The van der Waals surface area contributed by atoms with Crippen molar-refractivity contribution in [3.63, 3.8) is 0 Å². The normalized spacial score (nSPS) is 11.6. The Balaban J connectivity index is 1.90. The van der Waals surface area contributed by atoms with Crippen LogP contribution in [-0.2, 0) is 24.4 Å². The number of nitrogens with zero attached hydrogens (tertiary/aromatic N) is 2. The average molecular weight is 316 g/mol. The van der Waals surface area contributed by atoms with E-state index in [1.165, 1.54) is 5.56 Å². The van der Waals surface area contributed by atoms with Gasteiger partial charge >= 0.3 is 0 Å². The molecule has 1 aromatic heterocycles. The Morgan fingerprint density at radius 3 is 2.48 bits per heavy atom. The molecule has 1 heterocycles. The molecule has 0 saturated carbocycles. The maximum atomic E-state index is 5.55. The molecule has 0 fully saturated rings. The van der Waals surface area contributed by atoms with Crippen LogP contribution in [0.4, 0.5) is 0 Å². The van der Waals surface area contributed by atoms with Crippen molar-refractivity contribution in [2.24, 2.45) is 4.99 Å². The predicted octanol–water partition coefficient (Wildman–Crippen LogP) is 2.30. The van der Waals surface area contributed by atoms with E-state index in [-0.39, 0.29) is 0 Å². The van der Waals surface area contributed by atoms with Crippen molar-refractivity contribution in [1.82, 2.24) is 15.6 Å². The molecule has 0 atom stereocenters. The molecule has 2 rings (SSSR count). The van der Waals surface area contributed by atoms with E-state index in [1.807, 2.05) is 26.0 Å². The first-order valence-corrected chi connectivity index (χ1v) is 7.57. The Bertz CT molecular complexity index is 645. The van der Waals surface area contributed by atoms with E-state index in [0.717, 1.165) is 17.0 Å². The fourth-order valence-electron chi connectivity index (χ4n) is 2.20. The summed E-state index contributed by atoms with van der Waals surface area (Å²) in [5, 5.41) is 6.49. The summed E-state index contributed by atoms with van der Waals surface area (Å²) in [5.41, 5.74) is 3.26. The quantitative estimate of drug-likeness (QED) is 0.632. The zero-order valence-corrected chi connectivity index (χ0v) is 14.1. The number of hydrogen-bond acceptors (Lipinski definition) is 4. The molecule has 23 heavy (non-hydrogen) atoms. The van der Waals surface area contributed by atoms with Gasteiger partial charge in [-0.3, -0.25) is 4.99 Å². The van der Waals surface area contributed by atoms with Gasteiger partial charge < -0.3 is 19.8 Å². The van der Waals surface area contributed by atoms with E-state index in [0.29, 0.717) is 31.5 Å². The lowest BCUT2D eigenvalue weighted by Gasteiger charge is -2.13. The summed E-state index contributed by atoms with van der Waals surface area (Å²) in [6, 6.07) is 8.17. The Hall–Kier alpha value is -2.34. The van der Waals surface area contributed by atoms with Gasteiger partial charge in [-0.05, 0) is 25.0 Å². The Morgan fingerprint density at radius 1 is 1.17 bits per heavy atom. The lowest BCUT2D eigenvalue weighted by molar-refractivity contribution is 0.184. The first-order chi connectivity index (χ1) is 11.1. The van der Waals surface area contributed by atoms with Gasteiger partial charge in [-0.15, -0.1) is 0 Å². The van der Waals surface area contributed by atoms with Crippen molar-refractivity contribution in [3.05, 3.63) is 52.7 Å². The number of rotatable bonds is 6. The standard InChI is InChI=1S/C17H24N4O2/c1-12-13(2)23-16(21-12)10-20-17(18-3)19-9-14-7-5-6-8-15(14)11-22-4/h5-8H,9-11H2,1-4H3,(H2,18,19,20). The van der Waals surface area contributed by atoms with Crippen LogP contribution >= 0.6 is 0 Å². The number of methoxy groups -OCH3 is 1. The Kier molecular flexibility index (Phi) is 6.17. The number of guanidine groups is 1. The number of aryl methyl sites for hydroxylation is 2. The van der Waals surface area contributed by atoms with Crippen LogP contribution in [0, 0.1) is 13.8 Å². The van der Waals surface area contributed by atoms with Gasteiger partial charge in [0.2, 0.25) is 5.89 Å². The van der Waals surface area contributed by atoms with Gasteiger partial charge in [0.05, 0.1) is 18.8 Å². The molecule has 2 N–H and O–H groups in total. The van der Waals surface area contributed by atoms with Crippen molar-refractivity contribution >= 4 is 5.96 Å². The summed E-state index contributed by atoms with van der Waals surface area (Å²) in [7, 11) is 3.44. The molecule has 0 radical (unpaired) electrons. The van der Waals surface area contributed by atoms with E-state index in [9.17, 15) is 0 Å². The molecule has 1 aromatic carbocycles. The van der Waals surface area contributed by atoms with Gasteiger partial charge in [0.25, 0.3) is 0 Å². The summed E-state index contributed by atoms with van der Waals surface area (Å²) in [5.74, 6) is 2.20. The van der Waals surface area contributed by atoms with E-state index < -0.39 is 0 Å². The van der Waals surface area contributed by atoms with Crippen LogP contribution in [0.2, 0.25) is 0 Å². The molecular formula is C17H24N4O2. The zero-order chi connectivity index (χ0) is 16.7. The second-order valence-corrected chi connectivity index (χ2v) is 5.23. The smallest absolute Gasteiger partial charge is 0.214 e. The number of nitrogens with one attached hydrogen (secondary N) is 2. The number of aromatic nitrogens is 1. The minimum absolute atomic E-state index is 0.494. The molecule has 6 nitrogen and oxygen atoms in total. The number of oxazole rings is 1. The molecule has 0 amide bonds. The lowest BCUT2D eigenvalue weighted by Crippen LogP contribution is -2.36. The van der Waals surface area contributed by atoms with Crippen LogP contribution < -0.4 is 10.6 Å². The number of benzene rings is 1. The number of aliphatic imine (C=N–C) groups is 1. The van der Waals surface area contributed by atoms with E-state index in [4.69, 9.17) is 9.15 Å². The first kappa shape index (κ1) is 17.0. The summed E-state index contributed by atoms with van der Waals surface area (Å²) >= 11 is 0.